The van der Waals surface area contributed by atoms with Gasteiger partial charge in [-0.25, -0.2) is 14.5 Å². The lowest BCUT2D eigenvalue weighted by Crippen LogP contribution is -2.41. The summed E-state index contributed by atoms with van der Waals surface area (Å²) in [4.78, 5) is 19.8. The van der Waals surface area contributed by atoms with Gasteiger partial charge >= 0.3 is 5.97 Å². The zero-order valence-electron chi connectivity index (χ0n) is 27.7. The summed E-state index contributed by atoms with van der Waals surface area (Å²) in [6, 6.07) is 9.87. The minimum Gasteiger partial charge on any atom is -0.490 e. The maximum Gasteiger partial charge on any atom is 0.337 e. The van der Waals surface area contributed by atoms with Crippen molar-refractivity contribution in [1.82, 2.24) is 24.4 Å². The Balaban J connectivity index is 1.53. The fourth-order valence-corrected chi connectivity index (χ4v) is 6.08. The van der Waals surface area contributed by atoms with Gasteiger partial charge in [0.25, 0.3) is 0 Å². The number of aryl methyl sites for hydroxylation is 1. The average Bonchev–Trinajstić information content (AvgIpc) is 3.64. The van der Waals surface area contributed by atoms with E-state index in [4.69, 9.17) is 19.6 Å². The number of anilines is 1. The summed E-state index contributed by atoms with van der Waals surface area (Å²) in [5, 5.41) is 20.0. The van der Waals surface area contributed by atoms with E-state index in [0.717, 1.165) is 55.6 Å². The number of benzene rings is 1. The largest absolute Gasteiger partial charge is 0.490 e. The van der Waals surface area contributed by atoms with Gasteiger partial charge < -0.3 is 19.5 Å². The molecule has 0 aliphatic carbocycles. The third kappa shape index (κ3) is 7.50. The van der Waals surface area contributed by atoms with Gasteiger partial charge in [-0.2, -0.15) is 9.61 Å². The number of rotatable bonds is 13. The molecule has 244 valence electrons. The monoisotopic (exact) mass is 626 g/mol. The van der Waals surface area contributed by atoms with Crippen LogP contribution in [0.4, 0.5) is 5.82 Å². The van der Waals surface area contributed by atoms with Crippen LogP contribution in [0.3, 0.4) is 0 Å². The first kappa shape index (κ1) is 32.9. The van der Waals surface area contributed by atoms with E-state index in [9.17, 15) is 9.90 Å². The van der Waals surface area contributed by atoms with Crippen LogP contribution in [0.15, 0.2) is 68.0 Å². The van der Waals surface area contributed by atoms with Crippen LogP contribution in [0.25, 0.3) is 11.5 Å². The standard InChI is InChI=1S/C36H46N6O4/c1-8-10-14-36(7)15-17-40(18-16-36)33-31(32(34(43)44)46-35(4,5)6)25(3)38-29-22-30(39-42(29)33)41-24-27(23-37-41)20-26-12-11-13-28(21-26)45-19-9-2/h8-9,11-13,21-24,32H,1-2,10,14-20H2,3-7H3,(H,43,44). The summed E-state index contributed by atoms with van der Waals surface area (Å²) >= 11 is 0. The lowest BCUT2D eigenvalue weighted by atomic mass is 9.76. The molecule has 5 rings (SSSR count). The number of carboxylic acids is 1. The Morgan fingerprint density at radius 1 is 1.15 bits per heavy atom. The second kappa shape index (κ2) is 13.5. The molecular weight excluding hydrogens is 580 g/mol. The van der Waals surface area contributed by atoms with Crippen LogP contribution in [0.2, 0.25) is 0 Å². The third-order valence-electron chi connectivity index (χ3n) is 8.52. The molecule has 1 aliphatic rings. The predicted octanol–water partition coefficient (Wildman–Crippen LogP) is 6.89. The lowest BCUT2D eigenvalue weighted by Gasteiger charge is -2.41. The van der Waals surface area contributed by atoms with Crippen molar-refractivity contribution >= 4 is 17.4 Å². The molecule has 1 aromatic carbocycles. The fourth-order valence-electron chi connectivity index (χ4n) is 6.08. The van der Waals surface area contributed by atoms with Crippen molar-refractivity contribution in [2.75, 3.05) is 24.6 Å². The number of allylic oxidation sites excluding steroid dienone is 1. The van der Waals surface area contributed by atoms with Crippen molar-refractivity contribution in [3.63, 3.8) is 0 Å². The van der Waals surface area contributed by atoms with Crippen LogP contribution in [0.1, 0.15) is 81.9 Å². The van der Waals surface area contributed by atoms with Crippen molar-refractivity contribution in [2.45, 2.75) is 78.4 Å². The van der Waals surface area contributed by atoms with Crippen LogP contribution in [0, 0.1) is 12.3 Å². The first-order valence-corrected chi connectivity index (χ1v) is 15.9. The third-order valence-corrected chi connectivity index (χ3v) is 8.52. The quantitative estimate of drug-likeness (QED) is 0.160. The van der Waals surface area contributed by atoms with Crippen molar-refractivity contribution in [2.24, 2.45) is 5.41 Å². The Kier molecular flexibility index (Phi) is 9.67. The molecule has 4 heterocycles. The van der Waals surface area contributed by atoms with Crippen molar-refractivity contribution in [1.29, 1.82) is 0 Å². The summed E-state index contributed by atoms with van der Waals surface area (Å²) < 4.78 is 15.4. The fraction of sp³-hybridized carbons (Fsp3) is 0.444. The summed E-state index contributed by atoms with van der Waals surface area (Å²) in [5.41, 5.74) is 3.37. The first-order valence-electron chi connectivity index (χ1n) is 15.9. The number of hydrogen-bond donors (Lipinski definition) is 1. The van der Waals surface area contributed by atoms with Gasteiger partial charge in [-0.15, -0.1) is 11.7 Å². The molecule has 1 aliphatic heterocycles. The summed E-state index contributed by atoms with van der Waals surface area (Å²) in [5.74, 6) is 1.04. The smallest absolute Gasteiger partial charge is 0.337 e. The lowest BCUT2D eigenvalue weighted by molar-refractivity contribution is -0.160. The highest BCUT2D eigenvalue weighted by atomic mass is 16.5. The van der Waals surface area contributed by atoms with Crippen molar-refractivity contribution in [3.05, 3.63) is 90.4 Å². The number of ether oxygens (including phenoxy) is 2. The van der Waals surface area contributed by atoms with E-state index in [1.54, 1.807) is 15.3 Å². The normalized spacial score (nSPS) is 15.5. The minimum absolute atomic E-state index is 0.193. The number of aromatic nitrogens is 5. The predicted molar refractivity (Wildman–Crippen MR) is 180 cm³/mol. The Bertz CT molecular complexity index is 1710. The van der Waals surface area contributed by atoms with Gasteiger partial charge in [-0.1, -0.05) is 37.8 Å². The second-order valence-corrected chi connectivity index (χ2v) is 13.5. The van der Waals surface area contributed by atoms with Gasteiger partial charge in [-0.05, 0) is 82.1 Å². The second-order valence-electron chi connectivity index (χ2n) is 13.5. The molecule has 0 bridgehead atoms. The SMILES string of the molecule is C=CCCC1(C)CCN(c2c(C(OC(C)(C)C)C(=O)O)c(C)nc3cc(-n4cc(Cc5cccc(OCC=C)c5)cn4)nn23)CC1. The van der Waals surface area contributed by atoms with E-state index in [-0.39, 0.29) is 5.41 Å². The van der Waals surface area contributed by atoms with Gasteiger partial charge in [0, 0.05) is 37.5 Å². The number of carboxylic acid groups (broad SMARTS) is 1. The Morgan fingerprint density at radius 3 is 2.59 bits per heavy atom. The molecule has 0 radical (unpaired) electrons. The van der Waals surface area contributed by atoms with Crippen LogP contribution in [-0.4, -0.2) is 60.8 Å². The Morgan fingerprint density at radius 2 is 1.91 bits per heavy atom. The molecule has 0 saturated carbocycles. The van der Waals surface area contributed by atoms with Crippen molar-refractivity contribution in [3.8, 4) is 11.6 Å². The van der Waals surface area contributed by atoms with Crippen LogP contribution in [0.5, 0.6) is 5.75 Å². The van der Waals surface area contributed by atoms with Crippen molar-refractivity contribution < 1.29 is 19.4 Å². The molecule has 10 nitrogen and oxygen atoms in total. The molecular formula is C36H46N6O4. The summed E-state index contributed by atoms with van der Waals surface area (Å²) in [7, 11) is 0. The molecule has 0 spiro atoms. The van der Waals surface area contributed by atoms with Gasteiger partial charge in [-0.3, -0.25) is 0 Å². The summed E-state index contributed by atoms with van der Waals surface area (Å²) in [6.07, 6.45) is 11.0. The maximum absolute atomic E-state index is 12.7. The number of carbonyl (C=O) groups is 1. The highest BCUT2D eigenvalue weighted by Gasteiger charge is 2.37. The minimum atomic E-state index is -1.21. The van der Waals surface area contributed by atoms with E-state index < -0.39 is 17.7 Å². The molecule has 1 fully saturated rings. The van der Waals surface area contributed by atoms with Crippen LogP contribution in [-0.2, 0) is 16.0 Å². The molecule has 1 saturated heterocycles. The molecule has 1 atom stereocenters. The van der Waals surface area contributed by atoms with Crippen LogP contribution < -0.4 is 9.64 Å². The van der Waals surface area contributed by atoms with Gasteiger partial charge in [0.15, 0.2) is 17.6 Å². The molecule has 10 heteroatoms. The number of nitrogens with zero attached hydrogens (tertiary/aromatic N) is 6. The number of hydrogen-bond acceptors (Lipinski definition) is 7. The topological polar surface area (TPSA) is 107 Å². The molecule has 3 aromatic heterocycles. The molecule has 1 unspecified atom stereocenters. The number of fused-ring (bicyclic) bond motifs is 1. The van der Waals surface area contributed by atoms with E-state index in [1.165, 1.54) is 0 Å². The molecule has 1 N–H and O–H groups in total. The number of aliphatic carboxylic acids is 1. The summed E-state index contributed by atoms with van der Waals surface area (Å²) in [6.45, 7) is 19.4. The van der Waals surface area contributed by atoms with Gasteiger partial charge in [0.05, 0.1) is 17.4 Å². The Labute approximate surface area is 271 Å². The average molecular weight is 627 g/mol. The molecule has 4 aromatic rings. The van der Waals surface area contributed by atoms with E-state index in [0.29, 0.717) is 41.6 Å². The maximum atomic E-state index is 12.7. The number of piperidine rings is 1. The first-order chi connectivity index (χ1) is 21.9. The molecule has 46 heavy (non-hydrogen) atoms. The van der Waals surface area contributed by atoms with Gasteiger partial charge in [0.1, 0.15) is 18.2 Å². The van der Waals surface area contributed by atoms with E-state index in [2.05, 4.69) is 36.1 Å². The van der Waals surface area contributed by atoms with E-state index in [1.807, 2.05) is 70.4 Å². The Hall–Kier alpha value is -4.44. The highest BCUT2D eigenvalue weighted by Crippen LogP contribution is 2.41. The van der Waals surface area contributed by atoms with E-state index >= 15 is 0 Å². The zero-order chi connectivity index (χ0) is 33.1. The molecule has 0 amide bonds. The zero-order valence-corrected chi connectivity index (χ0v) is 27.7. The van der Waals surface area contributed by atoms with Gasteiger partial charge in [0.2, 0.25) is 0 Å². The van der Waals surface area contributed by atoms with Crippen LogP contribution >= 0.6 is 0 Å². The highest BCUT2D eigenvalue weighted by molar-refractivity contribution is 5.78.